The molecule has 26 heavy (non-hydrogen) atoms. The van der Waals surface area contributed by atoms with E-state index in [1.54, 1.807) is 24.3 Å². The zero-order chi connectivity index (χ0) is 18.5. The second-order valence-electron chi connectivity index (χ2n) is 7.29. The third-order valence-electron chi connectivity index (χ3n) is 5.42. The lowest BCUT2D eigenvalue weighted by Gasteiger charge is -2.20. The van der Waals surface area contributed by atoms with E-state index in [4.69, 9.17) is 4.74 Å². The number of carbonyl (C=O) groups is 3. The number of carbonyl (C=O) groups excluding carboxylic acids is 3. The highest BCUT2D eigenvalue weighted by Crippen LogP contribution is 2.49. The number of ether oxygens (including phenoxy) is 1. The Labute approximate surface area is 153 Å². The molecule has 0 saturated heterocycles. The molecule has 0 radical (unpaired) electrons. The molecule has 2 amide bonds. The van der Waals surface area contributed by atoms with Gasteiger partial charge in [0.1, 0.15) is 0 Å². The largest absolute Gasteiger partial charge is 0.456 e. The monoisotopic (exact) mass is 358 g/mol. The van der Waals surface area contributed by atoms with Crippen LogP contribution in [0.3, 0.4) is 0 Å². The Morgan fingerprint density at radius 1 is 1.19 bits per heavy atom. The minimum absolute atomic E-state index is 0.194. The van der Waals surface area contributed by atoms with Crippen LogP contribution in [0.1, 0.15) is 49.4 Å². The number of hydrogen-bond donors (Lipinski definition) is 2. The fraction of sp³-hybridized carbons (Fsp3) is 0.550. The smallest absolute Gasteiger partial charge is 0.306 e. The van der Waals surface area contributed by atoms with Gasteiger partial charge >= 0.3 is 5.97 Å². The molecular formula is C20H26N2O4. The Balaban J connectivity index is 1.43. The third kappa shape index (κ3) is 4.62. The molecule has 2 aliphatic rings. The first-order valence-electron chi connectivity index (χ1n) is 9.39. The summed E-state index contributed by atoms with van der Waals surface area (Å²) >= 11 is 0. The fourth-order valence-corrected chi connectivity index (χ4v) is 4.24. The summed E-state index contributed by atoms with van der Waals surface area (Å²) in [7, 11) is 0. The Morgan fingerprint density at radius 2 is 2.04 bits per heavy atom. The molecular weight excluding hydrogens is 332 g/mol. The second-order valence-corrected chi connectivity index (χ2v) is 7.29. The van der Waals surface area contributed by atoms with Gasteiger partial charge in [0.05, 0.1) is 0 Å². The quantitative estimate of drug-likeness (QED) is 0.734. The zero-order valence-corrected chi connectivity index (χ0v) is 15.1. The molecule has 1 aromatic rings. The number of rotatable bonds is 7. The van der Waals surface area contributed by atoms with Crippen molar-refractivity contribution in [1.82, 2.24) is 5.32 Å². The van der Waals surface area contributed by atoms with Gasteiger partial charge in [-0.25, -0.2) is 0 Å². The topological polar surface area (TPSA) is 84.5 Å². The molecule has 140 valence electrons. The minimum atomic E-state index is -0.403. The molecule has 3 atom stereocenters. The van der Waals surface area contributed by atoms with Crippen LogP contribution >= 0.6 is 0 Å². The highest BCUT2D eigenvalue weighted by atomic mass is 16.5. The van der Waals surface area contributed by atoms with Crippen molar-refractivity contribution in [1.29, 1.82) is 0 Å². The van der Waals surface area contributed by atoms with Crippen LogP contribution in [0.15, 0.2) is 24.3 Å². The molecule has 1 aromatic carbocycles. The Kier molecular flexibility index (Phi) is 5.91. The molecule has 2 N–H and O–H groups in total. The molecule has 3 rings (SSSR count). The third-order valence-corrected chi connectivity index (χ3v) is 5.42. The number of hydrogen-bond acceptors (Lipinski definition) is 4. The van der Waals surface area contributed by atoms with E-state index in [1.807, 2.05) is 6.92 Å². The van der Waals surface area contributed by atoms with E-state index in [9.17, 15) is 14.4 Å². The van der Waals surface area contributed by atoms with Gasteiger partial charge in [0.2, 0.25) is 0 Å². The van der Waals surface area contributed by atoms with Gasteiger partial charge in [-0.15, -0.1) is 0 Å². The first-order valence-corrected chi connectivity index (χ1v) is 9.39. The van der Waals surface area contributed by atoms with Crippen molar-refractivity contribution >= 4 is 23.5 Å². The molecule has 6 heteroatoms. The van der Waals surface area contributed by atoms with Gasteiger partial charge in [-0.05, 0) is 62.1 Å². The normalized spacial score (nSPS) is 23.5. The molecule has 0 heterocycles. The Bertz CT molecular complexity index is 688. The van der Waals surface area contributed by atoms with Crippen LogP contribution in [-0.4, -0.2) is 30.9 Å². The molecule has 2 aliphatic carbocycles. The van der Waals surface area contributed by atoms with Crippen molar-refractivity contribution < 1.29 is 19.1 Å². The van der Waals surface area contributed by atoms with E-state index in [0.717, 1.165) is 12.3 Å². The van der Waals surface area contributed by atoms with Gasteiger partial charge < -0.3 is 15.4 Å². The first kappa shape index (κ1) is 18.4. The summed E-state index contributed by atoms with van der Waals surface area (Å²) in [5.74, 6) is 0.990. The van der Waals surface area contributed by atoms with E-state index in [0.29, 0.717) is 36.1 Å². The van der Waals surface area contributed by atoms with Crippen molar-refractivity contribution in [2.24, 2.45) is 17.8 Å². The number of amides is 2. The summed E-state index contributed by atoms with van der Waals surface area (Å²) in [6, 6.07) is 6.66. The van der Waals surface area contributed by atoms with Gasteiger partial charge in [-0.3, -0.25) is 14.4 Å². The molecule has 0 spiro atoms. The van der Waals surface area contributed by atoms with E-state index < -0.39 is 5.91 Å². The molecule has 2 fully saturated rings. The molecule has 2 bridgehead atoms. The van der Waals surface area contributed by atoms with Gasteiger partial charge in [0.15, 0.2) is 6.61 Å². The van der Waals surface area contributed by atoms with Gasteiger partial charge in [-0.1, -0.05) is 12.5 Å². The zero-order valence-electron chi connectivity index (χ0n) is 15.1. The number of anilines is 1. The summed E-state index contributed by atoms with van der Waals surface area (Å²) < 4.78 is 5.13. The Morgan fingerprint density at radius 3 is 2.73 bits per heavy atom. The van der Waals surface area contributed by atoms with Crippen molar-refractivity contribution in [3.05, 3.63) is 29.8 Å². The minimum Gasteiger partial charge on any atom is -0.456 e. The second kappa shape index (κ2) is 8.34. The average molecular weight is 358 g/mol. The molecule has 0 unspecified atom stereocenters. The number of benzene rings is 1. The molecule has 0 aromatic heterocycles. The maximum absolute atomic E-state index is 12.0. The van der Waals surface area contributed by atoms with Crippen LogP contribution in [0.2, 0.25) is 0 Å². The van der Waals surface area contributed by atoms with E-state index >= 15 is 0 Å². The lowest BCUT2D eigenvalue weighted by Crippen LogP contribution is -2.24. The number of nitrogens with one attached hydrogen (secondary N) is 2. The van der Waals surface area contributed by atoms with E-state index in [-0.39, 0.29) is 18.5 Å². The summed E-state index contributed by atoms with van der Waals surface area (Å²) in [5, 5.41) is 5.37. The summed E-state index contributed by atoms with van der Waals surface area (Å²) in [4.78, 5) is 35.8. The molecule has 2 saturated carbocycles. The fourth-order valence-electron chi connectivity index (χ4n) is 4.24. The summed E-state index contributed by atoms with van der Waals surface area (Å²) in [6.07, 6.45) is 5.32. The van der Waals surface area contributed by atoms with Crippen LogP contribution < -0.4 is 10.6 Å². The predicted octanol–water partition coefficient (Wildman–Crippen LogP) is 2.74. The predicted molar refractivity (Wildman–Crippen MR) is 97.6 cm³/mol. The van der Waals surface area contributed by atoms with Crippen molar-refractivity contribution in [3.8, 4) is 0 Å². The lowest BCUT2D eigenvalue weighted by molar-refractivity contribution is -0.148. The van der Waals surface area contributed by atoms with Crippen LogP contribution in [0, 0.1) is 17.8 Å². The maximum atomic E-state index is 12.0. The summed E-state index contributed by atoms with van der Waals surface area (Å²) in [6.45, 7) is 2.08. The van der Waals surface area contributed by atoms with E-state index in [2.05, 4.69) is 10.6 Å². The highest BCUT2D eigenvalue weighted by molar-refractivity contribution is 5.97. The first-order chi connectivity index (χ1) is 12.5. The maximum Gasteiger partial charge on any atom is 0.306 e. The van der Waals surface area contributed by atoms with Crippen LogP contribution in [0.4, 0.5) is 5.69 Å². The standard InChI is InChI=1S/C20H26N2O4/c1-2-21-20(25)15-4-3-5-17(10-15)22-18(23)12-26-19(24)11-16-9-13-6-7-14(16)8-13/h3-5,10,13-14,16H,2,6-9,11-12H2,1H3,(H,21,25)(H,22,23)/t13-,14-,16+/m1/s1. The van der Waals surface area contributed by atoms with Crippen LogP contribution in [0.25, 0.3) is 0 Å². The average Bonchev–Trinajstić information content (AvgIpc) is 3.23. The van der Waals surface area contributed by atoms with Crippen molar-refractivity contribution in [2.45, 2.75) is 39.0 Å². The molecule has 6 nitrogen and oxygen atoms in total. The SMILES string of the molecule is CCNC(=O)c1cccc(NC(=O)COC(=O)C[C@@H]2C[C@@H]3CC[C@@H]2C3)c1. The van der Waals surface area contributed by atoms with Crippen molar-refractivity contribution in [2.75, 3.05) is 18.5 Å². The van der Waals surface area contributed by atoms with Crippen LogP contribution in [-0.2, 0) is 14.3 Å². The molecule has 0 aliphatic heterocycles. The number of fused-ring (bicyclic) bond motifs is 2. The highest BCUT2D eigenvalue weighted by Gasteiger charge is 2.40. The van der Waals surface area contributed by atoms with Gasteiger partial charge in [-0.2, -0.15) is 0 Å². The van der Waals surface area contributed by atoms with Gasteiger partial charge in [0, 0.05) is 24.2 Å². The summed E-state index contributed by atoms with van der Waals surface area (Å²) in [5.41, 5.74) is 0.973. The lowest BCUT2D eigenvalue weighted by atomic mass is 9.86. The van der Waals surface area contributed by atoms with E-state index in [1.165, 1.54) is 19.3 Å². The van der Waals surface area contributed by atoms with Gasteiger partial charge in [0.25, 0.3) is 11.8 Å². The number of esters is 1. The van der Waals surface area contributed by atoms with Crippen LogP contribution in [0.5, 0.6) is 0 Å². The Hall–Kier alpha value is -2.37. The van der Waals surface area contributed by atoms with Crippen molar-refractivity contribution in [3.63, 3.8) is 0 Å².